The van der Waals surface area contributed by atoms with Crippen LogP contribution in [0.4, 0.5) is 0 Å². The van der Waals surface area contributed by atoms with Gasteiger partial charge in [0.15, 0.2) is 5.78 Å². The van der Waals surface area contributed by atoms with E-state index in [0.29, 0.717) is 0 Å². The summed E-state index contributed by atoms with van der Waals surface area (Å²) in [6.07, 6.45) is 19.9. The molecule has 0 saturated heterocycles. The lowest BCUT2D eigenvalue weighted by Crippen LogP contribution is -2.05. The Morgan fingerprint density at radius 1 is 0.750 bits per heavy atom. The van der Waals surface area contributed by atoms with Crippen LogP contribution in [0.15, 0.2) is 71.9 Å². The van der Waals surface area contributed by atoms with Gasteiger partial charge in [0.25, 0.3) is 0 Å². The van der Waals surface area contributed by atoms with Gasteiger partial charge in [-0.15, -0.1) is 0 Å². The Bertz CT molecular complexity index is 535. The third kappa shape index (κ3) is 3.57. The van der Waals surface area contributed by atoms with Crippen molar-refractivity contribution in [1.29, 1.82) is 0 Å². The number of carbonyl (C=O) groups excluding carboxylic acids is 1. The Balaban J connectivity index is 2.26. The van der Waals surface area contributed by atoms with Crippen LogP contribution in [0.5, 0.6) is 0 Å². The number of ketones is 1. The van der Waals surface area contributed by atoms with Gasteiger partial charge in [0, 0.05) is 22.0 Å². The molecule has 0 N–H and O–H groups in total. The van der Waals surface area contributed by atoms with Crippen molar-refractivity contribution in [2.24, 2.45) is 10.8 Å². The van der Waals surface area contributed by atoms with Crippen LogP contribution in [-0.4, -0.2) is 5.78 Å². The molecule has 0 aromatic rings. The Kier molecular flexibility index (Phi) is 3.80. The van der Waals surface area contributed by atoms with E-state index in [-0.39, 0.29) is 16.6 Å². The molecule has 0 saturated carbocycles. The molecule has 1 heteroatoms. The highest BCUT2D eigenvalue weighted by Crippen LogP contribution is 2.26. The molecule has 0 bridgehead atoms. The smallest absolute Gasteiger partial charge is 0.192 e. The summed E-state index contributed by atoms with van der Waals surface area (Å²) in [5.74, 6) is 0.0715. The van der Waals surface area contributed by atoms with Gasteiger partial charge in [0.1, 0.15) is 0 Å². The van der Waals surface area contributed by atoms with Gasteiger partial charge in [0.2, 0.25) is 0 Å². The molecule has 0 unspecified atom stereocenters. The van der Waals surface area contributed by atoms with E-state index < -0.39 is 0 Å². The minimum Gasteiger partial charge on any atom is -0.289 e. The maximum absolute atomic E-state index is 12.6. The first-order valence-electron chi connectivity index (χ1n) is 7.01. The van der Waals surface area contributed by atoms with E-state index in [1.165, 1.54) is 0 Å². The predicted octanol–water partition coefficient (Wildman–Crippen LogP) is 4.71. The highest BCUT2D eigenvalue weighted by molar-refractivity contribution is 6.12. The minimum absolute atomic E-state index is 0.00586. The van der Waals surface area contributed by atoms with Crippen molar-refractivity contribution < 1.29 is 4.79 Å². The molecule has 104 valence electrons. The zero-order valence-corrected chi connectivity index (χ0v) is 12.7. The van der Waals surface area contributed by atoms with Crippen molar-refractivity contribution in [3.05, 3.63) is 71.9 Å². The number of hydrogen-bond donors (Lipinski definition) is 0. The fourth-order valence-corrected chi connectivity index (χ4v) is 2.10. The molecule has 0 aromatic heterocycles. The van der Waals surface area contributed by atoms with Gasteiger partial charge in [-0.2, -0.15) is 0 Å². The van der Waals surface area contributed by atoms with Crippen molar-refractivity contribution >= 4 is 5.78 Å². The molecule has 0 amide bonds. The Labute approximate surface area is 121 Å². The standard InChI is InChI=1S/C19H22O/c1-18(2)11-5-7-15(9-13-18)17(20)16-8-6-12-19(3,4)14-10-16/h5-14H,1-4H3. The van der Waals surface area contributed by atoms with Crippen LogP contribution in [0, 0.1) is 10.8 Å². The maximum atomic E-state index is 12.6. The minimum atomic E-state index is -0.00586. The van der Waals surface area contributed by atoms with E-state index in [9.17, 15) is 4.79 Å². The average Bonchev–Trinajstić information content (AvgIpc) is 2.64. The Hall–Kier alpha value is -1.89. The number of carbonyl (C=O) groups is 1. The normalized spacial score (nSPS) is 22.8. The number of allylic oxidation sites excluding steroid dienone is 12. The fraction of sp³-hybridized carbons (Fsp3) is 0.316. The molecule has 2 rings (SSSR count). The molecule has 2 aliphatic carbocycles. The zero-order valence-electron chi connectivity index (χ0n) is 12.7. The quantitative estimate of drug-likeness (QED) is 0.707. The molecule has 20 heavy (non-hydrogen) atoms. The second kappa shape index (κ2) is 5.24. The van der Waals surface area contributed by atoms with Gasteiger partial charge in [-0.1, -0.05) is 88.5 Å². The van der Waals surface area contributed by atoms with Crippen LogP contribution < -0.4 is 0 Å². The number of rotatable bonds is 2. The van der Waals surface area contributed by atoms with E-state index in [0.717, 1.165) is 11.1 Å². The molecule has 0 atom stereocenters. The first-order chi connectivity index (χ1) is 9.29. The average molecular weight is 266 g/mol. The zero-order chi connectivity index (χ0) is 14.8. The molecule has 0 radical (unpaired) electrons. The summed E-state index contributed by atoms with van der Waals surface area (Å²) in [5, 5.41) is 0. The highest BCUT2D eigenvalue weighted by Gasteiger charge is 2.17. The predicted molar refractivity (Wildman–Crippen MR) is 85.3 cm³/mol. The maximum Gasteiger partial charge on any atom is 0.192 e. The molecule has 0 fully saturated rings. The lowest BCUT2D eigenvalue weighted by Gasteiger charge is -2.12. The van der Waals surface area contributed by atoms with Crippen LogP contribution in [0.1, 0.15) is 27.7 Å². The summed E-state index contributed by atoms with van der Waals surface area (Å²) in [7, 11) is 0. The molecule has 1 nitrogen and oxygen atoms in total. The summed E-state index contributed by atoms with van der Waals surface area (Å²) in [4.78, 5) is 12.6. The number of Topliss-reactive ketones (excluding diaryl/α,β-unsaturated/α-hetero) is 1. The lowest BCUT2D eigenvalue weighted by atomic mass is 9.92. The number of hydrogen-bond acceptors (Lipinski definition) is 1. The van der Waals surface area contributed by atoms with Crippen LogP contribution in [0.2, 0.25) is 0 Å². The van der Waals surface area contributed by atoms with E-state index in [1.807, 2.05) is 36.5 Å². The Morgan fingerprint density at radius 2 is 1.15 bits per heavy atom. The van der Waals surface area contributed by atoms with Gasteiger partial charge in [-0.05, 0) is 0 Å². The fourth-order valence-electron chi connectivity index (χ4n) is 2.10. The largest absolute Gasteiger partial charge is 0.289 e. The van der Waals surface area contributed by atoms with Gasteiger partial charge >= 0.3 is 0 Å². The van der Waals surface area contributed by atoms with Crippen LogP contribution in [-0.2, 0) is 4.79 Å². The summed E-state index contributed by atoms with van der Waals surface area (Å²) in [6, 6.07) is 0. The van der Waals surface area contributed by atoms with Gasteiger partial charge in [0.05, 0.1) is 0 Å². The molecule has 0 spiro atoms. The summed E-state index contributed by atoms with van der Waals surface area (Å²) in [5.41, 5.74) is 1.45. The monoisotopic (exact) mass is 266 g/mol. The van der Waals surface area contributed by atoms with Crippen molar-refractivity contribution in [2.45, 2.75) is 27.7 Å². The second-order valence-corrected chi connectivity index (χ2v) is 6.60. The van der Waals surface area contributed by atoms with Crippen molar-refractivity contribution in [3.8, 4) is 0 Å². The summed E-state index contributed by atoms with van der Waals surface area (Å²) in [6.45, 7) is 8.49. The Morgan fingerprint density at radius 3 is 1.55 bits per heavy atom. The van der Waals surface area contributed by atoms with Crippen molar-refractivity contribution in [1.82, 2.24) is 0 Å². The van der Waals surface area contributed by atoms with E-state index >= 15 is 0 Å². The van der Waals surface area contributed by atoms with Gasteiger partial charge in [-0.25, -0.2) is 0 Å². The SMILES string of the molecule is CC1(C)C=CC=C(C(=O)C2=CC=CC(C)(C)C=C2)C=C1. The van der Waals surface area contributed by atoms with E-state index in [2.05, 4.69) is 52.0 Å². The third-order valence-electron chi connectivity index (χ3n) is 3.51. The molecule has 2 aliphatic rings. The van der Waals surface area contributed by atoms with Crippen molar-refractivity contribution in [3.63, 3.8) is 0 Å². The summed E-state index contributed by atoms with van der Waals surface area (Å²) >= 11 is 0. The van der Waals surface area contributed by atoms with E-state index in [1.54, 1.807) is 0 Å². The highest BCUT2D eigenvalue weighted by atomic mass is 16.1. The first kappa shape index (κ1) is 14.5. The van der Waals surface area contributed by atoms with Crippen molar-refractivity contribution in [2.75, 3.05) is 0 Å². The third-order valence-corrected chi connectivity index (χ3v) is 3.51. The topological polar surface area (TPSA) is 17.1 Å². The molecule has 0 aromatic carbocycles. The van der Waals surface area contributed by atoms with Crippen LogP contribution in [0.3, 0.4) is 0 Å². The molecular weight excluding hydrogens is 244 g/mol. The van der Waals surface area contributed by atoms with Gasteiger partial charge < -0.3 is 0 Å². The molecule has 0 heterocycles. The summed E-state index contributed by atoms with van der Waals surface area (Å²) < 4.78 is 0. The van der Waals surface area contributed by atoms with E-state index in [4.69, 9.17) is 0 Å². The van der Waals surface area contributed by atoms with Gasteiger partial charge in [-0.3, -0.25) is 4.79 Å². The van der Waals surface area contributed by atoms with Crippen LogP contribution in [0.25, 0.3) is 0 Å². The molecule has 0 aliphatic heterocycles. The van der Waals surface area contributed by atoms with Crippen LogP contribution >= 0.6 is 0 Å². The molecular formula is C19H22O. The lowest BCUT2D eigenvalue weighted by molar-refractivity contribution is -0.111. The second-order valence-electron chi connectivity index (χ2n) is 6.60. The first-order valence-corrected chi connectivity index (χ1v) is 7.01.